The van der Waals surface area contributed by atoms with Gasteiger partial charge in [-0.25, -0.2) is 0 Å². The summed E-state index contributed by atoms with van der Waals surface area (Å²) in [6.45, 7) is 10.9. The highest BCUT2D eigenvalue weighted by Crippen LogP contribution is 2.31. The van der Waals surface area contributed by atoms with Crippen molar-refractivity contribution >= 4 is 0 Å². The second kappa shape index (κ2) is 5.14. The van der Waals surface area contributed by atoms with Crippen molar-refractivity contribution in [1.82, 2.24) is 10.2 Å². The summed E-state index contributed by atoms with van der Waals surface area (Å²) in [5, 5.41) is 3.37. The van der Waals surface area contributed by atoms with Crippen molar-refractivity contribution in [2.45, 2.75) is 33.4 Å². The van der Waals surface area contributed by atoms with Crippen molar-refractivity contribution < 1.29 is 4.74 Å². The highest BCUT2D eigenvalue weighted by molar-refractivity contribution is 5.37. The maximum atomic E-state index is 6.06. The van der Waals surface area contributed by atoms with Crippen LogP contribution in [0.15, 0.2) is 18.2 Å². The first-order valence-electron chi connectivity index (χ1n) is 7.36. The molecule has 1 atom stereocenters. The molecular weight excluding hydrogens is 236 g/mol. The third-order valence-corrected chi connectivity index (χ3v) is 4.48. The summed E-state index contributed by atoms with van der Waals surface area (Å²) in [4.78, 5) is 2.51. The highest BCUT2D eigenvalue weighted by Gasteiger charge is 2.33. The van der Waals surface area contributed by atoms with Crippen LogP contribution < -0.4 is 10.1 Å². The Balaban J connectivity index is 1.60. The minimum atomic E-state index is 0.313. The van der Waals surface area contributed by atoms with Gasteiger partial charge >= 0.3 is 0 Å². The van der Waals surface area contributed by atoms with Gasteiger partial charge in [0.25, 0.3) is 0 Å². The molecule has 2 heterocycles. The maximum absolute atomic E-state index is 6.06. The minimum absolute atomic E-state index is 0.313. The molecule has 3 nitrogen and oxygen atoms in total. The number of rotatable bonds is 4. The first-order chi connectivity index (χ1) is 9.18. The standard InChI is InChI=1S/C16H24N2O/c1-3-18-7-6-16(2,11-18)12-19-15-5-4-13-9-17-10-14(13)8-15/h4-5,8,17H,3,6-7,9-12H2,1-2H3. The quantitative estimate of drug-likeness (QED) is 0.899. The molecule has 1 unspecified atom stereocenters. The average molecular weight is 260 g/mol. The van der Waals surface area contributed by atoms with E-state index in [1.807, 2.05) is 0 Å². The van der Waals surface area contributed by atoms with Crippen LogP contribution in [-0.2, 0) is 13.1 Å². The second-order valence-electron chi connectivity index (χ2n) is 6.25. The summed E-state index contributed by atoms with van der Waals surface area (Å²) < 4.78 is 6.06. The molecule has 0 saturated carbocycles. The van der Waals surface area contributed by atoms with E-state index in [0.717, 1.165) is 38.5 Å². The summed E-state index contributed by atoms with van der Waals surface area (Å²) in [7, 11) is 0. The van der Waals surface area contributed by atoms with Gasteiger partial charge in [0.05, 0.1) is 6.61 Å². The minimum Gasteiger partial charge on any atom is -0.493 e. The summed E-state index contributed by atoms with van der Waals surface area (Å²) in [5.41, 5.74) is 3.12. The fourth-order valence-corrected chi connectivity index (χ4v) is 3.13. The maximum Gasteiger partial charge on any atom is 0.119 e. The molecule has 1 aromatic carbocycles. The largest absolute Gasteiger partial charge is 0.493 e. The first kappa shape index (κ1) is 12.9. The fourth-order valence-electron chi connectivity index (χ4n) is 3.13. The van der Waals surface area contributed by atoms with Gasteiger partial charge in [-0.3, -0.25) is 0 Å². The molecule has 104 valence electrons. The zero-order valence-electron chi connectivity index (χ0n) is 12.0. The Morgan fingerprint density at radius 1 is 1.32 bits per heavy atom. The lowest BCUT2D eigenvalue weighted by Crippen LogP contribution is -2.29. The van der Waals surface area contributed by atoms with Crippen LogP contribution >= 0.6 is 0 Å². The Hall–Kier alpha value is -1.06. The van der Waals surface area contributed by atoms with Crippen LogP contribution in [0.3, 0.4) is 0 Å². The van der Waals surface area contributed by atoms with E-state index in [1.54, 1.807) is 0 Å². The van der Waals surface area contributed by atoms with E-state index >= 15 is 0 Å². The zero-order chi connectivity index (χ0) is 13.3. The van der Waals surface area contributed by atoms with Gasteiger partial charge in [-0.05, 0) is 42.8 Å². The molecule has 1 saturated heterocycles. The van der Waals surface area contributed by atoms with Crippen LogP contribution in [0.25, 0.3) is 0 Å². The lowest BCUT2D eigenvalue weighted by atomic mass is 9.91. The Bertz CT molecular complexity index is 460. The lowest BCUT2D eigenvalue weighted by Gasteiger charge is -2.24. The van der Waals surface area contributed by atoms with E-state index in [0.29, 0.717) is 5.41 Å². The van der Waals surface area contributed by atoms with Crippen LogP contribution in [-0.4, -0.2) is 31.1 Å². The van der Waals surface area contributed by atoms with Gasteiger partial charge in [0.2, 0.25) is 0 Å². The van der Waals surface area contributed by atoms with Gasteiger partial charge in [-0.2, -0.15) is 0 Å². The molecule has 0 amide bonds. The molecule has 3 heteroatoms. The molecule has 1 fully saturated rings. The summed E-state index contributed by atoms with van der Waals surface area (Å²) in [6, 6.07) is 6.51. The molecule has 2 aliphatic heterocycles. The van der Waals surface area contributed by atoms with Crippen LogP contribution in [0.5, 0.6) is 5.75 Å². The number of benzene rings is 1. The van der Waals surface area contributed by atoms with Crippen molar-refractivity contribution in [1.29, 1.82) is 0 Å². The predicted molar refractivity (Wildman–Crippen MR) is 77.3 cm³/mol. The predicted octanol–water partition coefficient (Wildman–Crippen LogP) is 2.40. The van der Waals surface area contributed by atoms with Crippen molar-refractivity contribution in [2.24, 2.45) is 5.41 Å². The molecule has 0 aliphatic carbocycles. The van der Waals surface area contributed by atoms with E-state index in [-0.39, 0.29) is 0 Å². The Kier molecular flexibility index (Phi) is 3.50. The second-order valence-corrected chi connectivity index (χ2v) is 6.25. The first-order valence-corrected chi connectivity index (χ1v) is 7.36. The molecule has 0 radical (unpaired) electrons. The number of ether oxygens (including phenoxy) is 1. The van der Waals surface area contributed by atoms with Crippen molar-refractivity contribution in [3.8, 4) is 5.75 Å². The molecule has 1 aromatic rings. The average Bonchev–Trinajstić information content (AvgIpc) is 3.02. The molecule has 1 N–H and O–H groups in total. The Labute approximate surface area is 115 Å². The number of nitrogens with zero attached hydrogens (tertiary/aromatic N) is 1. The lowest BCUT2D eigenvalue weighted by molar-refractivity contribution is 0.164. The molecule has 19 heavy (non-hydrogen) atoms. The topological polar surface area (TPSA) is 24.5 Å². The molecular formula is C16H24N2O. The third-order valence-electron chi connectivity index (χ3n) is 4.48. The summed E-state index contributed by atoms with van der Waals surface area (Å²) >= 11 is 0. The van der Waals surface area contributed by atoms with Crippen molar-refractivity contribution in [2.75, 3.05) is 26.2 Å². The van der Waals surface area contributed by atoms with Gasteiger partial charge in [-0.15, -0.1) is 0 Å². The Morgan fingerprint density at radius 2 is 2.16 bits per heavy atom. The number of likely N-dealkylation sites (tertiary alicyclic amines) is 1. The van der Waals surface area contributed by atoms with Crippen molar-refractivity contribution in [3.63, 3.8) is 0 Å². The number of hydrogen-bond acceptors (Lipinski definition) is 3. The molecule has 0 aromatic heterocycles. The highest BCUT2D eigenvalue weighted by atomic mass is 16.5. The summed E-state index contributed by atoms with van der Waals surface area (Å²) in [5.74, 6) is 1.03. The van der Waals surface area contributed by atoms with Gasteiger partial charge in [0.1, 0.15) is 5.75 Å². The number of fused-ring (bicyclic) bond motifs is 1. The molecule has 0 bridgehead atoms. The molecule has 3 rings (SSSR count). The molecule has 2 aliphatic rings. The van der Waals surface area contributed by atoms with Gasteiger partial charge in [-0.1, -0.05) is 19.9 Å². The third kappa shape index (κ3) is 2.77. The number of hydrogen-bond donors (Lipinski definition) is 1. The van der Waals surface area contributed by atoms with E-state index in [9.17, 15) is 0 Å². The number of nitrogens with one attached hydrogen (secondary N) is 1. The van der Waals surface area contributed by atoms with E-state index in [4.69, 9.17) is 4.74 Å². The SMILES string of the molecule is CCN1CCC(C)(COc2ccc3c(c2)CNC3)C1. The zero-order valence-corrected chi connectivity index (χ0v) is 12.0. The molecule has 0 spiro atoms. The van der Waals surface area contributed by atoms with Crippen LogP contribution in [0.2, 0.25) is 0 Å². The van der Waals surface area contributed by atoms with Gasteiger partial charge in [0, 0.05) is 25.0 Å². The monoisotopic (exact) mass is 260 g/mol. The van der Waals surface area contributed by atoms with Gasteiger partial charge < -0.3 is 15.0 Å². The van der Waals surface area contributed by atoms with Crippen molar-refractivity contribution in [3.05, 3.63) is 29.3 Å². The normalized spacial score (nSPS) is 26.6. The Morgan fingerprint density at radius 3 is 2.95 bits per heavy atom. The van der Waals surface area contributed by atoms with Crippen LogP contribution in [0.1, 0.15) is 31.4 Å². The van der Waals surface area contributed by atoms with Crippen LogP contribution in [0.4, 0.5) is 0 Å². The smallest absolute Gasteiger partial charge is 0.119 e. The van der Waals surface area contributed by atoms with Gasteiger partial charge in [0.15, 0.2) is 0 Å². The fraction of sp³-hybridized carbons (Fsp3) is 0.625. The van der Waals surface area contributed by atoms with Crippen LogP contribution in [0, 0.1) is 5.41 Å². The van der Waals surface area contributed by atoms with E-state index in [1.165, 1.54) is 24.1 Å². The van der Waals surface area contributed by atoms with E-state index in [2.05, 4.69) is 42.3 Å². The summed E-state index contributed by atoms with van der Waals surface area (Å²) in [6.07, 6.45) is 1.24. The van der Waals surface area contributed by atoms with E-state index < -0.39 is 0 Å².